The Morgan fingerprint density at radius 2 is 2.10 bits per heavy atom. The van der Waals surface area contributed by atoms with E-state index in [0.29, 0.717) is 16.3 Å². The van der Waals surface area contributed by atoms with Gasteiger partial charge < -0.3 is 5.32 Å². The first-order valence-corrected chi connectivity index (χ1v) is 6.17. The van der Waals surface area contributed by atoms with Crippen LogP contribution in [0.4, 0.5) is 10.1 Å². The molecule has 0 saturated carbocycles. The lowest BCUT2D eigenvalue weighted by Crippen LogP contribution is -2.13. The van der Waals surface area contributed by atoms with Crippen LogP contribution in [-0.4, -0.2) is 5.91 Å². The van der Waals surface area contributed by atoms with Crippen LogP contribution in [0.25, 0.3) is 0 Å². The van der Waals surface area contributed by atoms with E-state index in [1.165, 1.54) is 12.1 Å². The highest BCUT2D eigenvalue weighted by atomic mass is 35.5. The summed E-state index contributed by atoms with van der Waals surface area (Å²) >= 11 is 6.06. The average molecular weight is 289 g/mol. The smallest absolute Gasteiger partial charge is 0.257 e. The molecule has 2 rings (SSSR count). The minimum Gasteiger partial charge on any atom is -0.322 e. The highest BCUT2D eigenvalue weighted by Gasteiger charge is 2.12. The summed E-state index contributed by atoms with van der Waals surface area (Å²) in [5.41, 5.74) is 1.33. The van der Waals surface area contributed by atoms with Crippen LogP contribution >= 0.6 is 11.6 Å². The van der Waals surface area contributed by atoms with Crippen LogP contribution in [0.5, 0.6) is 0 Å². The molecule has 0 aliphatic carbocycles. The number of amides is 1. The molecule has 1 N–H and O–H groups in total. The van der Waals surface area contributed by atoms with Crippen molar-refractivity contribution < 1.29 is 9.18 Å². The summed E-state index contributed by atoms with van der Waals surface area (Å²) in [7, 11) is 0. The van der Waals surface area contributed by atoms with Gasteiger partial charge >= 0.3 is 0 Å². The molecule has 0 aliphatic rings. The largest absolute Gasteiger partial charge is 0.322 e. The third kappa shape index (κ3) is 2.79. The maximum absolute atomic E-state index is 13.2. The highest BCUT2D eigenvalue weighted by molar-refractivity contribution is 6.35. The van der Waals surface area contributed by atoms with Gasteiger partial charge in [0.2, 0.25) is 0 Å². The molecule has 0 aromatic heterocycles. The third-order valence-corrected chi connectivity index (χ3v) is 3.28. The number of hydrogen-bond acceptors (Lipinski definition) is 2. The van der Waals surface area contributed by atoms with E-state index in [1.807, 2.05) is 0 Å². The van der Waals surface area contributed by atoms with Gasteiger partial charge in [0.25, 0.3) is 5.91 Å². The van der Waals surface area contributed by atoms with Gasteiger partial charge in [-0.1, -0.05) is 23.7 Å². The van der Waals surface area contributed by atoms with Crippen LogP contribution < -0.4 is 5.32 Å². The Hall–Kier alpha value is -2.38. The molecule has 5 heteroatoms. The Labute approximate surface area is 120 Å². The molecule has 0 aliphatic heterocycles. The molecular weight excluding hydrogens is 279 g/mol. The zero-order valence-corrected chi connectivity index (χ0v) is 11.3. The number of aryl methyl sites for hydroxylation is 1. The van der Waals surface area contributed by atoms with Crippen LogP contribution in [-0.2, 0) is 0 Å². The minimum absolute atomic E-state index is 0.127. The summed E-state index contributed by atoms with van der Waals surface area (Å²) in [6.07, 6.45) is 0. The highest BCUT2D eigenvalue weighted by Crippen LogP contribution is 2.22. The summed E-state index contributed by atoms with van der Waals surface area (Å²) in [5, 5.41) is 11.7. The fourth-order valence-corrected chi connectivity index (χ4v) is 1.92. The lowest BCUT2D eigenvalue weighted by Gasteiger charge is -2.08. The van der Waals surface area contributed by atoms with E-state index < -0.39 is 11.7 Å². The molecular formula is C15H10ClFN2O. The van der Waals surface area contributed by atoms with E-state index >= 15 is 0 Å². The summed E-state index contributed by atoms with van der Waals surface area (Å²) < 4.78 is 13.2. The van der Waals surface area contributed by atoms with Crippen molar-refractivity contribution in [1.29, 1.82) is 5.26 Å². The second kappa shape index (κ2) is 5.72. The lowest BCUT2D eigenvalue weighted by atomic mass is 10.1. The van der Waals surface area contributed by atoms with Crippen LogP contribution in [0.2, 0.25) is 5.02 Å². The van der Waals surface area contributed by atoms with Gasteiger partial charge in [-0.2, -0.15) is 5.26 Å². The fraction of sp³-hybridized carbons (Fsp3) is 0.0667. The van der Waals surface area contributed by atoms with Gasteiger partial charge in [0.1, 0.15) is 11.9 Å². The molecule has 0 spiro atoms. The van der Waals surface area contributed by atoms with Gasteiger partial charge in [-0.15, -0.1) is 0 Å². The Morgan fingerprint density at radius 3 is 2.80 bits per heavy atom. The van der Waals surface area contributed by atoms with Crippen LogP contribution in [0.1, 0.15) is 21.5 Å². The number of anilines is 1. The number of nitrogens with zero attached hydrogens (tertiary/aromatic N) is 1. The number of nitrogens with one attached hydrogen (secondary N) is 1. The molecule has 20 heavy (non-hydrogen) atoms. The van der Waals surface area contributed by atoms with E-state index in [0.717, 1.165) is 11.6 Å². The average Bonchev–Trinajstić information content (AvgIpc) is 2.43. The molecule has 2 aromatic carbocycles. The molecule has 0 bridgehead atoms. The number of carbonyl (C=O) groups is 1. The van der Waals surface area contributed by atoms with Gasteiger partial charge in [-0.25, -0.2) is 4.39 Å². The first-order valence-electron chi connectivity index (χ1n) is 5.79. The van der Waals surface area contributed by atoms with Gasteiger partial charge in [0.15, 0.2) is 0 Å². The molecule has 1 amide bonds. The molecule has 0 saturated heterocycles. The zero-order chi connectivity index (χ0) is 14.7. The van der Waals surface area contributed by atoms with Crippen molar-refractivity contribution >= 4 is 23.2 Å². The maximum atomic E-state index is 13.2. The van der Waals surface area contributed by atoms with Crippen molar-refractivity contribution in [2.24, 2.45) is 0 Å². The van der Waals surface area contributed by atoms with Crippen LogP contribution in [0.3, 0.4) is 0 Å². The van der Waals surface area contributed by atoms with E-state index in [1.54, 1.807) is 31.2 Å². The second-order valence-corrected chi connectivity index (χ2v) is 4.57. The predicted molar refractivity (Wildman–Crippen MR) is 75.3 cm³/mol. The van der Waals surface area contributed by atoms with Crippen molar-refractivity contribution in [2.45, 2.75) is 6.92 Å². The molecule has 0 heterocycles. The summed E-state index contributed by atoms with van der Waals surface area (Å²) in [6, 6.07) is 10.6. The van der Waals surface area contributed by atoms with Gasteiger partial charge in [-0.3, -0.25) is 4.79 Å². The van der Waals surface area contributed by atoms with Crippen LogP contribution in [0.15, 0.2) is 36.4 Å². The number of halogens is 2. The Kier molecular flexibility index (Phi) is 4.02. The number of hydrogen-bond donors (Lipinski definition) is 1. The minimum atomic E-state index is -0.626. The Morgan fingerprint density at radius 1 is 1.35 bits per heavy atom. The van der Waals surface area contributed by atoms with Gasteiger partial charge in [0, 0.05) is 5.69 Å². The number of benzene rings is 2. The molecule has 0 unspecified atom stereocenters. The normalized spacial score (nSPS) is 9.90. The summed E-state index contributed by atoms with van der Waals surface area (Å²) in [4.78, 5) is 12.1. The number of carbonyl (C=O) groups excluding carboxylic acids is 1. The van der Waals surface area contributed by atoms with Crippen LogP contribution in [0, 0.1) is 24.1 Å². The van der Waals surface area contributed by atoms with E-state index in [4.69, 9.17) is 16.9 Å². The quantitative estimate of drug-likeness (QED) is 0.911. The molecule has 0 atom stereocenters. The number of nitriles is 1. The van der Waals surface area contributed by atoms with Crippen molar-refractivity contribution in [3.63, 3.8) is 0 Å². The first-order chi connectivity index (χ1) is 9.52. The first kappa shape index (κ1) is 14.0. The van der Waals surface area contributed by atoms with Gasteiger partial charge in [-0.05, 0) is 36.8 Å². The van der Waals surface area contributed by atoms with Gasteiger partial charge in [0.05, 0.1) is 16.1 Å². The SMILES string of the molecule is Cc1cccc(C(=O)Nc2ccc(F)c(C#N)c2)c1Cl. The van der Waals surface area contributed by atoms with Crippen molar-refractivity contribution in [3.05, 3.63) is 63.9 Å². The maximum Gasteiger partial charge on any atom is 0.257 e. The number of rotatable bonds is 2. The topological polar surface area (TPSA) is 52.9 Å². The molecule has 0 fully saturated rings. The standard InChI is InChI=1S/C15H10ClFN2O/c1-9-3-2-4-12(14(9)16)15(20)19-11-5-6-13(17)10(7-11)8-18/h2-7H,1H3,(H,19,20). The van der Waals surface area contributed by atoms with E-state index in [9.17, 15) is 9.18 Å². The Bertz CT molecular complexity index is 722. The molecule has 3 nitrogen and oxygen atoms in total. The van der Waals surface area contributed by atoms with E-state index in [2.05, 4.69) is 5.32 Å². The van der Waals surface area contributed by atoms with Crippen molar-refractivity contribution in [3.8, 4) is 6.07 Å². The molecule has 2 aromatic rings. The third-order valence-electron chi connectivity index (χ3n) is 2.78. The van der Waals surface area contributed by atoms with E-state index in [-0.39, 0.29) is 5.56 Å². The summed E-state index contributed by atoms with van der Waals surface area (Å²) in [5.74, 6) is -1.03. The predicted octanol–water partition coefficient (Wildman–Crippen LogP) is 3.91. The van der Waals surface area contributed by atoms with Crippen molar-refractivity contribution in [1.82, 2.24) is 0 Å². The molecule has 100 valence electrons. The monoisotopic (exact) mass is 288 g/mol. The lowest BCUT2D eigenvalue weighted by molar-refractivity contribution is 0.102. The second-order valence-electron chi connectivity index (χ2n) is 4.20. The molecule has 0 radical (unpaired) electrons. The Balaban J connectivity index is 2.29. The fourth-order valence-electron chi connectivity index (χ4n) is 1.71. The summed E-state index contributed by atoms with van der Waals surface area (Å²) in [6.45, 7) is 1.80. The zero-order valence-electron chi connectivity index (χ0n) is 10.6. The van der Waals surface area contributed by atoms with Crippen molar-refractivity contribution in [2.75, 3.05) is 5.32 Å².